The van der Waals surface area contributed by atoms with Gasteiger partial charge in [0, 0.05) is 6.92 Å². The molecule has 0 fully saturated rings. The Morgan fingerprint density at radius 3 is 2.42 bits per heavy atom. The van der Waals surface area contributed by atoms with Crippen molar-refractivity contribution in [1.82, 2.24) is 5.43 Å². The van der Waals surface area contributed by atoms with Gasteiger partial charge in [0.25, 0.3) is 0 Å². The minimum atomic E-state index is -0.946. The Morgan fingerprint density at radius 1 is 1.26 bits per heavy atom. The fraction of sp³-hybridized carbons (Fsp3) is 0.308. The van der Waals surface area contributed by atoms with Crippen LogP contribution in [0.3, 0.4) is 0 Å². The number of hydrazine groups is 1. The molecule has 0 spiro atoms. The summed E-state index contributed by atoms with van der Waals surface area (Å²) in [4.78, 5) is 25.6. The van der Waals surface area contributed by atoms with Gasteiger partial charge in [-0.05, 0) is 19.1 Å². The molecule has 3 N–H and O–H groups in total. The molecule has 1 aromatic rings. The first-order chi connectivity index (χ1) is 8.99. The van der Waals surface area contributed by atoms with Crippen LogP contribution in [0.1, 0.15) is 18.9 Å². The number of hydrogen-bond acceptors (Lipinski definition) is 4. The molecule has 0 saturated carbocycles. The number of anilines is 1. The Labute approximate surface area is 111 Å². The van der Waals surface area contributed by atoms with Crippen molar-refractivity contribution in [2.75, 3.05) is 12.0 Å². The van der Waals surface area contributed by atoms with Crippen LogP contribution in [-0.2, 0) is 9.59 Å². The average Bonchev–Trinajstić information content (AvgIpc) is 2.34. The van der Waals surface area contributed by atoms with Crippen molar-refractivity contribution >= 4 is 23.3 Å². The van der Waals surface area contributed by atoms with Crippen LogP contribution in [0.4, 0.5) is 5.69 Å². The van der Waals surface area contributed by atoms with Gasteiger partial charge in [-0.3, -0.25) is 25.4 Å². The summed E-state index contributed by atoms with van der Waals surface area (Å²) in [5, 5.41) is 8.51. The quantitative estimate of drug-likeness (QED) is 0.409. The van der Waals surface area contributed by atoms with Gasteiger partial charge in [-0.25, -0.2) is 0 Å². The number of nitrogens with one attached hydrogen (secondary N) is 2. The topological polar surface area (TPSA) is 90.8 Å². The molecule has 0 amide bonds. The molecule has 0 saturated heterocycles. The van der Waals surface area contributed by atoms with Crippen LogP contribution >= 0.6 is 0 Å². The Balaban J connectivity index is 2.56. The van der Waals surface area contributed by atoms with E-state index < -0.39 is 5.97 Å². The molecular weight excluding hydrogens is 246 g/mol. The van der Waals surface area contributed by atoms with Gasteiger partial charge in [-0.2, -0.15) is 0 Å². The number of carbonyl (C=O) groups excluding carboxylic acids is 1. The van der Waals surface area contributed by atoms with Crippen molar-refractivity contribution in [3.8, 4) is 0 Å². The van der Waals surface area contributed by atoms with Crippen molar-refractivity contribution in [2.24, 2.45) is 4.99 Å². The summed E-state index contributed by atoms with van der Waals surface area (Å²) in [6.07, 6.45) is -0.108. The second-order valence-corrected chi connectivity index (χ2v) is 4.05. The zero-order valence-electron chi connectivity index (χ0n) is 10.9. The number of aryl methyl sites for hydroxylation is 1. The second-order valence-electron chi connectivity index (χ2n) is 4.05. The molecule has 0 atom stereocenters. The number of ketones is 1. The number of rotatable bonds is 6. The number of amidine groups is 1. The van der Waals surface area contributed by atoms with Crippen molar-refractivity contribution < 1.29 is 14.7 Å². The van der Waals surface area contributed by atoms with Crippen LogP contribution in [-0.4, -0.2) is 29.2 Å². The third-order valence-electron chi connectivity index (χ3n) is 2.31. The highest BCUT2D eigenvalue weighted by molar-refractivity contribution is 6.38. The fourth-order valence-electron chi connectivity index (χ4n) is 1.27. The predicted octanol–water partition coefficient (Wildman–Crippen LogP) is 1.37. The highest BCUT2D eigenvalue weighted by Gasteiger charge is 2.05. The number of benzene rings is 1. The summed E-state index contributed by atoms with van der Waals surface area (Å²) >= 11 is 0. The first-order valence-corrected chi connectivity index (χ1v) is 5.85. The summed E-state index contributed by atoms with van der Waals surface area (Å²) in [5.41, 5.74) is 7.45. The van der Waals surface area contributed by atoms with Gasteiger partial charge in [0.2, 0.25) is 0 Å². The molecule has 0 aliphatic rings. The van der Waals surface area contributed by atoms with Crippen molar-refractivity contribution in [2.45, 2.75) is 20.3 Å². The molecule has 0 aromatic heterocycles. The van der Waals surface area contributed by atoms with E-state index in [4.69, 9.17) is 5.11 Å². The van der Waals surface area contributed by atoms with Crippen molar-refractivity contribution in [1.29, 1.82) is 0 Å². The fourth-order valence-corrected chi connectivity index (χ4v) is 1.27. The van der Waals surface area contributed by atoms with Gasteiger partial charge >= 0.3 is 5.97 Å². The van der Waals surface area contributed by atoms with Gasteiger partial charge in [-0.1, -0.05) is 17.7 Å². The number of aliphatic carboxylic acids is 1. The molecule has 0 radical (unpaired) electrons. The minimum absolute atomic E-state index is 0.0623. The number of carboxylic acid groups (broad SMARTS) is 1. The zero-order valence-corrected chi connectivity index (χ0v) is 10.9. The van der Waals surface area contributed by atoms with E-state index in [-0.39, 0.29) is 24.6 Å². The third kappa shape index (κ3) is 5.67. The maximum atomic E-state index is 11.3. The average molecular weight is 263 g/mol. The lowest BCUT2D eigenvalue weighted by atomic mass is 10.2. The van der Waals surface area contributed by atoms with Crippen LogP contribution in [0, 0.1) is 6.92 Å². The molecule has 6 heteroatoms. The van der Waals surface area contributed by atoms with E-state index in [1.807, 2.05) is 31.2 Å². The largest absolute Gasteiger partial charge is 0.481 e. The number of hydrogen-bond donors (Lipinski definition) is 3. The monoisotopic (exact) mass is 263 g/mol. The van der Waals surface area contributed by atoms with Crippen molar-refractivity contribution in [3.05, 3.63) is 29.8 Å². The van der Waals surface area contributed by atoms with Crippen LogP contribution in [0.25, 0.3) is 0 Å². The normalized spacial score (nSPS) is 10.9. The number of Topliss-reactive ketones (excluding diaryl/α,β-unsaturated/α-hetero) is 1. The maximum absolute atomic E-state index is 11.3. The Kier molecular flexibility index (Phi) is 5.53. The maximum Gasteiger partial charge on any atom is 0.305 e. The molecule has 0 unspecified atom stereocenters. The summed E-state index contributed by atoms with van der Waals surface area (Å²) in [7, 11) is 0. The first kappa shape index (κ1) is 14.7. The second kappa shape index (κ2) is 7.15. The van der Waals surface area contributed by atoms with Gasteiger partial charge < -0.3 is 5.11 Å². The summed E-state index contributed by atoms with van der Waals surface area (Å²) in [5.74, 6) is -1.09. The highest BCUT2D eigenvalue weighted by Crippen LogP contribution is 2.06. The van der Waals surface area contributed by atoms with Gasteiger partial charge in [0.1, 0.15) is 0 Å². The molecule has 6 nitrogen and oxygen atoms in total. The van der Waals surface area contributed by atoms with Crippen molar-refractivity contribution in [3.63, 3.8) is 0 Å². The van der Waals surface area contributed by atoms with Crippen LogP contribution in [0.5, 0.6) is 0 Å². The third-order valence-corrected chi connectivity index (χ3v) is 2.31. The summed E-state index contributed by atoms with van der Waals surface area (Å²) < 4.78 is 0. The smallest absolute Gasteiger partial charge is 0.305 e. The van der Waals surface area contributed by atoms with E-state index in [0.29, 0.717) is 0 Å². The van der Waals surface area contributed by atoms with E-state index in [0.717, 1.165) is 11.3 Å². The predicted molar refractivity (Wildman–Crippen MR) is 73.2 cm³/mol. The molecule has 102 valence electrons. The van der Waals surface area contributed by atoms with E-state index in [2.05, 4.69) is 15.8 Å². The van der Waals surface area contributed by atoms with Gasteiger partial charge in [-0.15, -0.1) is 0 Å². The molecule has 0 aliphatic carbocycles. The number of nitrogens with zero attached hydrogens (tertiary/aromatic N) is 1. The van der Waals surface area contributed by atoms with Crippen LogP contribution < -0.4 is 10.9 Å². The lowest BCUT2D eigenvalue weighted by Gasteiger charge is -2.10. The lowest BCUT2D eigenvalue weighted by molar-refractivity contribution is -0.136. The minimum Gasteiger partial charge on any atom is -0.481 e. The summed E-state index contributed by atoms with van der Waals surface area (Å²) in [6.45, 7) is 3.40. The van der Waals surface area contributed by atoms with E-state index in [9.17, 15) is 9.59 Å². The van der Waals surface area contributed by atoms with E-state index in [1.54, 1.807) is 0 Å². The molecular formula is C13H17N3O3. The Bertz CT molecular complexity index is 480. The molecule has 1 aromatic carbocycles. The molecule has 0 heterocycles. The lowest BCUT2D eigenvalue weighted by Crippen LogP contribution is -2.34. The Morgan fingerprint density at radius 2 is 1.89 bits per heavy atom. The van der Waals surface area contributed by atoms with Gasteiger partial charge in [0.15, 0.2) is 11.6 Å². The molecule has 19 heavy (non-hydrogen) atoms. The van der Waals surface area contributed by atoms with Gasteiger partial charge in [0.05, 0.1) is 18.7 Å². The SMILES string of the molecule is CC(=O)C(=NCCC(=O)O)NNc1ccc(C)cc1. The number of carbonyl (C=O) groups is 2. The highest BCUT2D eigenvalue weighted by atomic mass is 16.4. The standard InChI is InChI=1S/C13H17N3O3/c1-9-3-5-11(6-4-9)15-16-13(10(2)17)14-8-7-12(18)19/h3-6,15H,7-8H2,1-2H3,(H,14,16)(H,18,19). The molecule has 0 aliphatic heterocycles. The first-order valence-electron chi connectivity index (χ1n) is 5.85. The zero-order chi connectivity index (χ0) is 14.3. The number of aliphatic imine (C=N–C) groups is 1. The van der Waals surface area contributed by atoms with Crippen LogP contribution in [0.2, 0.25) is 0 Å². The number of carboxylic acids is 1. The Hall–Kier alpha value is -2.37. The van der Waals surface area contributed by atoms with E-state index in [1.165, 1.54) is 6.92 Å². The molecule has 0 bridgehead atoms. The van der Waals surface area contributed by atoms with Crippen LogP contribution in [0.15, 0.2) is 29.3 Å². The summed E-state index contributed by atoms with van der Waals surface area (Å²) in [6, 6.07) is 7.58. The molecule has 1 rings (SSSR count). The van der Waals surface area contributed by atoms with E-state index >= 15 is 0 Å².